The summed E-state index contributed by atoms with van der Waals surface area (Å²) in [5, 5.41) is 12.9. The topological polar surface area (TPSA) is 69.2 Å². The van der Waals surface area contributed by atoms with E-state index >= 15 is 0 Å². The summed E-state index contributed by atoms with van der Waals surface area (Å²) in [4.78, 5) is 21.8. The summed E-state index contributed by atoms with van der Waals surface area (Å²) in [5.74, 6) is -1.55. The van der Waals surface area contributed by atoms with Gasteiger partial charge in [-0.05, 0) is 56.5 Å². The van der Waals surface area contributed by atoms with Gasteiger partial charge in [0.2, 0.25) is 5.91 Å². The predicted octanol–water partition coefficient (Wildman–Crippen LogP) is 1.94. The molecule has 0 aliphatic carbocycles. The largest absolute Gasteiger partial charge is 0.549 e. The highest BCUT2D eigenvalue weighted by molar-refractivity contribution is 9.11. The molecule has 0 radical (unpaired) electrons. The van der Waals surface area contributed by atoms with Crippen molar-refractivity contribution in [1.82, 2.24) is 0 Å². The summed E-state index contributed by atoms with van der Waals surface area (Å²) in [6.07, 6.45) is 0. The van der Waals surface area contributed by atoms with Crippen LogP contribution in [0.15, 0.2) is 21.1 Å². The van der Waals surface area contributed by atoms with Gasteiger partial charge in [-0.3, -0.25) is 4.79 Å². The van der Waals surface area contributed by atoms with Gasteiger partial charge in [-0.25, -0.2) is 0 Å². The molecule has 0 saturated carbocycles. The van der Waals surface area contributed by atoms with Crippen molar-refractivity contribution in [3.8, 4) is 0 Å². The monoisotopic (exact) mass is 394 g/mol. The Kier molecular flexibility index (Phi) is 6.17. The highest BCUT2D eigenvalue weighted by Gasteiger charge is 2.10. The standard InChI is InChI=1S/C11H11Br2NO3S/c1-6-2-7(12)11(8(13)3-6)14-9(15)4-18-5-10(16)17/h2-3H,4-5H2,1H3,(H,14,15)(H,16,17)/p-1. The molecule has 0 bridgehead atoms. The molecule has 7 heteroatoms. The summed E-state index contributed by atoms with van der Waals surface area (Å²) in [5.41, 5.74) is 1.69. The van der Waals surface area contributed by atoms with Crippen LogP contribution in [0.5, 0.6) is 0 Å². The summed E-state index contributed by atoms with van der Waals surface area (Å²) in [6, 6.07) is 3.77. The Morgan fingerprint density at radius 2 is 1.83 bits per heavy atom. The minimum absolute atomic E-state index is 0.0702. The van der Waals surface area contributed by atoms with E-state index in [4.69, 9.17) is 0 Å². The molecule has 18 heavy (non-hydrogen) atoms. The first-order valence-corrected chi connectivity index (χ1v) is 7.67. The van der Waals surface area contributed by atoms with Crippen LogP contribution < -0.4 is 10.4 Å². The number of hydrogen-bond donors (Lipinski definition) is 1. The molecule has 4 nitrogen and oxygen atoms in total. The zero-order chi connectivity index (χ0) is 13.7. The first-order chi connectivity index (χ1) is 8.40. The lowest BCUT2D eigenvalue weighted by atomic mass is 10.2. The molecule has 0 aromatic heterocycles. The van der Waals surface area contributed by atoms with Crippen LogP contribution in [0.4, 0.5) is 5.69 Å². The van der Waals surface area contributed by atoms with E-state index in [1.165, 1.54) is 0 Å². The lowest BCUT2D eigenvalue weighted by Gasteiger charge is -2.10. The first kappa shape index (κ1) is 15.5. The van der Waals surface area contributed by atoms with Gasteiger partial charge in [-0.2, -0.15) is 0 Å². The minimum Gasteiger partial charge on any atom is -0.549 e. The molecule has 0 aliphatic heterocycles. The molecule has 1 N–H and O–H groups in total. The highest BCUT2D eigenvalue weighted by atomic mass is 79.9. The van der Waals surface area contributed by atoms with Crippen LogP contribution in [-0.2, 0) is 9.59 Å². The Balaban J connectivity index is 2.62. The van der Waals surface area contributed by atoms with E-state index in [1.54, 1.807) is 0 Å². The van der Waals surface area contributed by atoms with Crippen LogP contribution in [0.2, 0.25) is 0 Å². The number of amides is 1. The number of hydrogen-bond acceptors (Lipinski definition) is 4. The number of rotatable bonds is 5. The molecule has 0 unspecified atom stereocenters. The van der Waals surface area contributed by atoms with Crippen LogP contribution in [0.25, 0.3) is 0 Å². The number of carboxylic acid groups (broad SMARTS) is 1. The number of thioether (sulfide) groups is 1. The molecular weight excluding hydrogens is 386 g/mol. The normalized spacial score (nSPS) is 10.2. The third kappa shape index (κ3) is 4.99. The molecule has 0 aliphatic rings. The average molecular weight is 396 g/mol. The second kappa shape index (κ2) is 7.16. The second-order valence-electron chi connectivity index (χ2n) is 3.52. The Morgan fingerprint density at radius 1 is 1.28 bits per heavy atom. The van der Waals surface area contributed by atoms with E-state index < -0.39 is 5.97 Å². The third-order valence-corrected chi connectivity index (χ3v) is 4.06. The summed E-state index contributed by atoms with van der Waals surface area (Å²) in [7, 11) is 0. The van der Waals surface area contributed by atoms with Crippen molar-refractivity contribution in [2.75, 3.05) is 16.8 Å². The molecule has 0 saturated heterocycles. The number of carbonyl (C=O) groups excluding carboxylic acids is 2. The zero-order valence-electron chi connectivity index (χ0n) is 9.46. The van der Waals surface area contributed by atoms with Crippen molar-refractivity contribution < 1.29 is 14.7 Å². The number of carboxylic acids is 1. The molecule has 1 amide bonds. The third-order valence-electron chi connectivity index (χ3n) is 1.90. The number of nitrogens with one attached hydrogen (secondary N) is 1. The number of aliphatic carboxylic acids is 1. The molecule has 1 aromatic carbocycles. The second-order valence-corrected chi connectivity index (χ2v) is 6.21. The quantitative estimate of drug-likeness (QED) is 0.827. The van der Waals surface area contributed by atoms with E-state index in [-0.39, 0.29) is 17.4 Å². The van der Waals surface area contributed by atoms with E-state index in [0.717, 1.165) is 26.3 Å². The van der Waals surface area contributed by atoms with Crippen LogP contribution in [0, 0.1) is 6.92 Å². The van der Waals surface area contributed by atoms with Gasteiger partial charge in [0.05, 0.1) is 17.4 Å². The van der Waals surface area contributed by atoms with Gasteiger partial charge in [0, 0.05) is 14.7 Å². The Labute approximate surface area is 126 Å². The van der Waals surface area contributed by atoms with Gasteiger partial charge in [0.25, 0.3) is 0 Å². The maximum atomic E-state index is 11.6. The van der Waals surface area contributed by atoms with Crippen molar-refractivity contribution in [3.63, 3.8) is 0 Å². The molecule has 0 atom stereocenters. The van der Waals surface area contributed by atoms with Crippen molar-refractivity contribution in [3.05, 3.63) is 26.6 Å². The lowest BCUT2D eigenvalue weighted by Crippen LogP contribution is -2.25. The van der Waals surface area contributed by atoms with E-state index in [0.29, 0.717) is 5.69 Å². The zero-order valence-corrected chi connectivity index (χ0v) is 13.4. The van der Waals surface area contributed by atoms with Crippen LogP contribution in [-0.4, -0.2) is 23.4 Å². The van der Waals surface area contributed by atoms with Gasteiger partial charge in [-0.1, -0.05) is 0 Å². The predicted molar refractivity (Wildman–Crippen MR) is 77.5 cm³/mol. The number of anilines is 1. The van der Waals surface area contributed by atoms with Crippen molar-refractivity contribution in [2.24, 2.45) is 0 Å². The van der Waals surface area contributed by atoms with Crippen LogP contribution in [0.1, 0.15) is 5.56 Å². The summed E-state index contributed by atoms with van der Waals surface area (Å²) < 4.78 is 1.54. The molecule has 98 valence electrons. The van der Waals surface area contributed by atoms with Gasteiger partial charge >= 0.3 is 0 Å². The number of benzene rings is 1. The van der Waals surface area contributed by atoms with E-state index in [9.17, 15) is 14.7 Å². The number of carbonyl (C=O) groups is 2. The SMILES string of the molecule is Cc1cc(Br)c(NC(=O)CSCC(=O)[O-])c(Br)c1. The number of halogens is 2. The van der Waals surface area contributed by atoms with Gasteiger partial charge < -0.3 is 15.2 Å². The maximum absolute atomic E-state index is 11.6. The van der Waals surface area contributed by atoms with Crippen molar-refractivity contribution in [2.45, 2.75) is 6.92 Å². The van der Waals surface area contributed by atoms with E-state index in [2.05, 4.69) is 37.2 Å². The highest BCUT2D eigenvalue weighted by Crippen LogP contribution is 2.32. The lowest BCUT2D eigenvalue weighted by molar-refractivity contribution is -0.301. The average Bonchev–Trinajstić information content (AvgIpc) is 2.22. The van der Waals surface area contributed by atoms with Gasteiger partial charge in [0.1, 0.15) is 0 Å². The van der Waals surface area contributed by atoms with Crippen molar-refractivity contribution in [1.29, 1.82) is 0 Å². The fourth-order valence-corrected chi connectivity index (χ4v) is 3.36. The smallest absolute Gasteiger partial charge is 0.234 e. The fraction of sp³-hybridized carbons (Fsp3) is 0.273. The minimum atomic E-state index is -1.18. The molecule has 1 aromatic rings. The number of aryl methyl sites for hydroxylation is 1. The molecule has 0 spiro atoms. The molecule has 0 heterocycles. The summed E-state index contributed by atoms with van der Waals surface area (Å²) >= 11 is 7.72. The fourth-order valence-electron chi connectivity index (χ4n) is 1.22. The Bertz CT molecular complexity index is 456. The first-order valence-electron chi connectivity index (χ1n) is 4.93. The maximum Gasteiger partial charge on any atom is 0.234 e. The Hall–Kier alpha value is -0.530. The molecule has 0 fully saturated rings. The van der Waals surface area contributed by atoms with Gasteiger partial charge in [0.15, 0.2) is 0 Å². The van der Waals surface area contributed by atoms with Gasteiger partial charge in [-0.15, -0.1) is 11.8 Å². The summed E-state index contributed by atoms with van der Waals surface area (Å²) in [6.45, 7) is 1.94. The van der Waals surface area contributed by atoms with Crippen molar-refractivity contribution >= 4 is 61.2 Å². The Morgan fingerprint density at radius 3 is 2.33 bits per heavy atom. The molecular formula is C11H10Br2NO3S-. The molecule has 1 rings (SSSR count). The van der Waals surface area contributed by atoms with E-state index in [1.807, 2.05) is 19.1 Å². The van der Waals surface area contributed by atoms with Crippen LogP contribution in [0.3, 0.4) is 0 Å². The van der Waals surface area contributed by atoms with Crippen LogP contribution >= 0.6 is 43.6 Å².